The number of hydrogen-bond acceptors (Lipinski definition) is 5. The first-order valence-corrected chi connectivity index (χ1v) is 11.8. The summed E-state index contributed by atoms with van der Waals surface area (Å²) >= 11 is 1.39. The van der Waals surface area contributed by atoms with Crippen LogP contribution in [-0.4, -0.2) is 33.1 Å². The Hall–Kier alpha value is -4.04. The highest BCUT2D eigenvalue weighted by molar-refractivity contribution is 7.14. The quantitative estimate of drug-likeness (QED) is 0.273. The first-order valence-electron chi connectivity index (χ1n) is 11.0. The molecular formula is C26H25N5O2S. The third-order valence-electron chi connectivity index (χ3n) is 5.05. The molecule has 8 heteroatoms. The van der Waals surface area contributed by atoms with E-state index in [2.05, 4.69) is 32.8 Å². The summed E-state index contributed by atoms with van der Waals surface area (Å²) in [6, 6.07) is 18.0. The zero-order chi connectivity index (χ0) is 23.8. The molecule has 4 rings (SSSR count). The van der Waals surface area contributed by atoms with Crippen molar-refractivity contribution in [2.75, 3.05) is 11.9 Å². The highest BCUT2D eigenvalue weighted by Crippen LogP contribution is 2.25. The van der Waals surface area contributed by atoms with Crippen LogP contribution in [0.5, 0.6) is 0 Å². The number of para-hydroxylation sites is 1. The lowest BCUT2D eigenvalue weighted by Gasteiger charge is -2.04. The van der Waals surface area contributed by atoms with Gasteiger partial charge >= 0.3 is 0 Å². The second-order valence-electron chi connectivity index (χ2n) is 7.70. The van der Waals surface area contributed by atoms with E-state index in [1.165, 1.54) is 29.9 Å². The summed E-state index contributed by atoms with van der Waals surface area (Å²) in [6.45, 7) is 2.20. The minimum atomic E-state index is -0.247. The molecule has 0 radical (unpaired) electrons. The number of carbonyl (C=O) groups excluding carboxylic acids is 2. The van der Waals surface area contributed by atoms with E-state index in [0.29, 0.717) is 11.7 Å². The van der Waals surface area contributed by atoms with Crippen LogP contribution in [0.15, 0.2) is 78.4 Å². The largest absolute Gasteiger partial charge is 0.356 e. The number of hydrogen-bond donors (Lipinski definition) is 2. The first-order chi connectivity index (χ1) is 16.6. The molecule has 0 saturated heterocycles. The number of benzene rings is 2. The van der Waals surface area contributed by atoms with Gasteiger partial charge in [-0.3, -0.25) is 14.9 Å². The van der Waals surface area contributed by atoms with Crippen LogP contribution in [0.4, 0.5) is 5.13 Å². The molecular weight excluding hydrogens is 446 g/mol. The van der Waals surface area contributed by atoms with Gasteiger partial charge in [0, 0.05) is 42.2 Å². The third-order valence-corrected chi connectivity index (χ3v) is 5.81. The number of carbonyl (C=O) groups is 2. The summed E-state index contributed by atoms with van der Waals surface area (Å²) < 4.78 is 1.76. The molecule has 4 aromatic rings. The zero-order valence-corrected chi connectivity index (χ0v) is 19.6. The summed E-state index contributed by atoms with van der Waals surface area (Å²) in [5.74, 6) is -0.251. The van der Waals surface area contributed by atoms with E-state index < -0.39 is 0 Å². The number of aryl methyl sites for hydroxylation is 1. The van der Waals surface area contributed by atoms with Crippen LogP contribution >= 0.6 is 11.3 Å². The van der Waals surface area contributed by atoms with Crippen LogP contribution in [0.2, 0.25) is 0 Å². The van der Waals surface area contributed by atoms with Crippen LogP contribution in [0.25, 0.3) is 23.0 Å². The van der Waals surface area contributed by atoms with E-state index in [4.69, 9.17) is 0 Å². The lowest BCUT2D eigenvalue weighted by molar-refractivity contribution is -0.119. The topological polar surface area (TPSA) is 88.9 Å². The fraction of sp³-hybridized carbons (Fsp3) is 0.154. The van der Waals surface area contributed by atoms with Gasteiger partial charge in [-0.15, -0.1) is 11.3 Å². The highest BCUT2D eigenvalue weighted by atomic mass is 32.1. The van der Waals surface area contributed by atoms with Crippen LogP contribution in [0.1, 0.15) is 24.5 Å². The number of nitrogens with one attached hydrogen (secondary N) is 2. The number of amides is 2. The van der Waals surface area contributed by atoms with Crippen molar-refractivity contribution in [1.29, 1.82) is 0 Å². The van der Waals surface area contributed by atoms with Crippen molar-refractivity contribution in [2.45, 2.75) is 19.8 Å². The molecule has 2 aromatic heterocycles. The molecule has 0 saturated carbocycles. The van der Waals surface area contributed by atoms with Crippen molar-refractivity contribution in [2.24, 2.45) is 0 Å². The average molecular weight is 472 g/mol. The molecule has 0 aliphatic carbocycles. The van der Waals surface area contributed by atoms with Gasteiger partial charge < -0.3 is 5.32 Å². The van der Waals surface area contributed by atoms with Gasteiger partial charge in [0.25, 0.3) is 0 Å². The minimum Gasteiger partial charge on any atom is -0.356 e. The van der Waals surface area contributed by atoms with Crippen molar-refractivity contribution in [3.8, 4) is 16.9 Å². The third kappa shape index (κ3) is 6.49. The Labute approximate surface area is 202 Å². The van der Waals surface area contributed by atoms with Crippen molar-refractivity contribution in [3.05, 3.63) is 89.6 Å². The standard InChI is InChI=1S/C26H25N5O2S/c1-19(32)27-15-5-6-20-9-12-22(13-10-20)24-18-34-26(29-24)30-25(33)14-11-21-16-28-31(17-21)23-7-3-2-4-8-23/h2-4,7-14,16-18H,5-6,15H2,1H3,(H,27,32)(H,29,30,33)/b14-11+. The summed E-state index contributed by atoms with van der Waals surface area (Å²) in [6.07, 6.45) is 8.57. The molecule has 172 valence electrons. The SMILES string of the molecule is CC(=O)NCCCc1ccc(-c2csc(NC(=O)/C=C/c3cnn(-c4ccccc4)c3)n2)cc1. The zero-order valence-electron chi connectivity index (χ0n) is 18.8. The molecule has 0 spiro atoms. The first kappa shape index (κ1) is 23.1. The van der Waals surface area contributed by atoms with Gasteiger partial charge in [0.1, 0.15) is 0 Å². The molecule has 2 heterocycles. The number of nitrogens with zero attached hydrogens (tertiary/aromatic N) is 3. The van der Waals surface area contributed by atoms with Gasteiger partial charge in [-0.05, 0) is 36.6 Å². The smallest absolute Gasteiger partial charge is 0.250 e. The maximum Gasteiger partial charge on any atom is 0.250 e. The molecule has 2 N–H and O–H groups in total. The Morgan fingerprint density at radius 2 is 1.88 bits per heavy atom. The van der Waals surface area contributed by atoms with E-state index in [1.54, 1.807) is 17.0 Å². The van der Waals surface area contributed by atoms with E-state index in [-0.39, 0.29) is 11.8 Å². The lowest BCUT2D eigenvalue weighted by Crippen LogP contribution is -2.21. The van der Waals surface area contributed by atoms with Gasteiger partial charge in [-0.2, -0.15) is 5.10 Å². The number of thiazole rings is 1. The van der Waals surface area contributed by atoms with Crippen molar-refractivity contribution in [1.82, 2.24) is 20.1 Å². The van der Waals surface area contributed by atoms with E-state index >= 15 is 0 Å². The number of rotatable bonds is 9. The molecule has 0 fully saturated rings. The maximum absolute atomic E-state index is 12.3. The number of aromatic nitrogens is 3. The molecule has 34 heavy (non-hydrogen) atoms. The molecule has 0 bridgehead atoms. The highest BCUT2D eigenvalue weighted by Gasteiger charge is 2.07. The molecule has 0 atom stereocenters. The van der Waals surface area contributed by atoms with E-state index in [9.17, 15) is 9.59 Å². The Balaban J connectivity index is 1.30. The van der Waals surface area contributed by atoms with E-state index in [1.807, 2.05) is 54.0 Å². The van der Waals surface area contributed by atoms with Gasteiger partial charge in [0.15, 0.2) is 5.13 Å². The van der Waals surface area contributed by atoms with Gasteiger partial charge in [0.05, 0.1) is 17.6 Å². The summed E-state index contributed by atoms with van der Waals surface area (Å²) in [7, 11) is 0. The number of anilines is 1. The molecule has 0 unspecified atom stereocenters. The minimum absolute atomic E-state index is 0.00330. The molecule has 2 aromatic carbocycles. The average Bonchev–Trinajstić information content (AvgIpc) is 3.51. The summed E-state index contributed by atoms with van der Waals surface area (Å²) in [5, 5.41) is 12.4. The lowest BCUT2D eigenvalue weighted by atomic mass is 10.1. The van der Waals surface area contributed by atoms with Crippen LogP contribution in [-0.2, 0) is 16.0 Å². The molecule has 2 amide bonds. The Kier molecular flexibility index (Phi) is 7.62. The fourth-order valence-electron chi connectivity index (χ4n) is 3.33. The van der Waals surface area contributed by atoms with Gasteiger partial charge in [-0.25, -0.2) is 9.67 Å². The predicted octanol–water partition coefficient (Wildman–Crippen LogP) is 4.72. The molecule has 7 nitrogen and oxygen atoms in total. The molecule has 0 aliphatic rings. The normalized spacial score (nSPS) is 11.0. The Morgan fingerprint density at radius 3 is 2.65 bits per heavy atom. The maximum atomic E-state index is 12.3. The second-order valence-corrected chi connectivity index (χ2v) is 8.56. The van der Waals surface area contributed by atoms with Crippen LogP contribution in [0, 0.1) is 0 Å². The van der Waals surface area contributed by atoms with Crippen molar-refractivity contribution < 1.29 is 9.59 Å². The molecule has 0 aliphatic heterocycles. The predicted molar refractivity (Wildman–Crippen MR) is 136 cm³/mol. The Morgan fingerprint density at radius 1 is 1.09 bits per heavy atom. The fourth-order valence-corrected chi connectivity index (χ4v) is 4.05. The second kappa shape index (κ2) is 11.2. The monoisotopic (exact) mass is 471 g/mol. The Bertz CT molecular complexity index is 1280. The van der Waals surface area contributed by atoms with Gasteiger partial charge in [-0.1, -0.05) is 42.5 Å². The summed E-state index contributed by atoms with van der Waals surface area (Å²) in [4.78, 5) is 27.8. The van der Waals surface area contributed by atoms with Crippen molar-refractivity contribution in [3.63, 3.8) is 0 Å². The van der Waals surface area contributed by atoms with Crippen molar-refractivity contribution >= 4 is 34.4 Å². The van der Waals surface area contributed by atoms with E-state index in [0.717, 1.165) is 35.3 Å². The van der Waals surface area contributed by atoms with Crippen LogP contribution < -0.4 is 10.6 Å². The van der Waals surface area contributed by atoms with Crippen LogP contribution in [0.3, 0.4) is 0 Å². The van der Waals surface area contributed by atoms with Gasteiger partial charge in [0.2, 0.25) is 11.8 Å². The summed E-state index contributed by atoms with van der Waals surface area (Å²) in [5.41, 5.74) is 4.80.